The highest BCUT2D eigenvalue weighted by Crippen LogP contribution is 2.11. The number of likely N-dealkylation sites (tertiary alicyclic amines) is 1. The first kappa shape index (κ1) is 20.0. The van der Waals surface area contributed by atoms with E-state index in [1.54, 1.807) is 0 Å². The average molecular weight is 424 g/mol. The van der Waals surface area contributed by atoms with Crippen molar-refractivity contribution in [2.24, 2.45) is 4.99 Å². The summed E-state index contributed by atoms with van der Waals surface area (Å²) in [7, 11) is 0. The predicted octanol–water partition coefficient (Wildman–Crippen LogP) is 2.21. The molecule has 0 bridgehead atoms. The number of halogens is 1. The van der Waals surface area contributed by atoms with E-state index in [-0.39, 0.29) is 24.0 Å². The number of ether oxygens (including phenoxy) is 1. The first-order valence-corrected chi connectivity index (χ1v) is 8.74. The van der Waals surface area contributed by atoms with Crippen molar-refractivity contribution in [2.45, 2.75) is 51.6 Å². The highest BCUT2D eigenvalue weighted by atomic mass is 127. The molecular weight excluding hydrogens is 391 g/mol. The first-order valence-electron chi connectivity index (χ1n) is 8.74. The summed E-state index contributed by atoms with van der Waals surface area (Å²) < 4.78 is 5.62. The molecule has 0 amide bonds. The topological polar surface area (TPSA) is 48.9 Å². The van der Waals surface area contributed by atoms with Crippen molar-refractivity contribution in [2.75, 3.05) is 45.9 Å². The van der Waals surface area contributed by atoms with E-state index in [0.717, 1.165) is 45.2 Å². The standard InChI is InChI=1S/C16H32N4O.HI/c1-2-17-16(19-14-15-8-7-13-21-15)18-9-12-20-10-5-3-4-6-11-20;/h15H,2-14H2,1H3,(H2,17,18,19);1H. The van der Waals surface area contributed by atoms with Gasteiger partial charge in [-0.3, -0.25) is 4.99 Å². The van der Waals surface area contributed by atoms with Crippen molar-refractivity contribution in [3.63, 3.8) is 0 Å². The van der Waals surface area contributed by atoms with Gasteiger partial charge < -0.3 is 20.3 Å². The summed E-state index contributed by atoms with van der Waals surface area (Å²) in [4.78, 5) is 7.22. The number of aliphatic imine (C=N–C) groups is 1. The van der Waals surface area contributed by atoms with Crippen molar-refractivity contribution in [3.8, 4) is 0 Å². The monoisotopic (exact) mass is 424 g/mol. The van der Waals surface area contributed by atoms with Crippen LogP contribution in [0.3, 0.4) is 0 Å². The summed E-state index contributed by atoms with van der Waals surface area (Å²) in [6, 6.07) is 0. The van der Waals surface area contributed by atoms with Gasteiger partial charge >= 0.3 is 0 Å². The lowest BCUT2D eigenvalue weighted by Crippen LogP contribution is -2.42. The van der Waals surface area contributed by atoms with Gasteiger partial charge in [0, 0.05) is 26.2 Å². The Morgan fingerprint density at radius 2 is 1.91 bits per heavy atom. The molecule has 0 aliphatic carbocycles. The van der Waals surface area contributed by atoms with E-state index in [1.807, 2.05) is 0 Å². The lowest BCUT2D eigenvalue weighted by atomic mass is 10.2. The molecule has 22 heavy (non-hydrogen) atoms. The maximum Gasteiger partial charge on any atom is 0.191 e. The molecule has 6 heteroatoms. The molecule has 0 spiro atoms. The van der Waals surface area contributed by atoms with Crippen LogP contribution in [0.15, 0.2) is 4.99 Å². The van der Waals surface area contributed by atoms with Crippen molar-refractivity contribution < 1.29 is 4.74 Å². The highest BCUT2D eigenvalue weighted by molar-refractivity contribution is 14.0. The van der Waals surface area contributed by atoms with E-state index in [9.17, 15) is 0 Å². The number of nitrogens with one attached hydrogen (secondary N) is 2. The lowest BCUT2D eigenvalue weighted by Gasteiger charge is -2.20. The second-order valence-electron chi connectivity index (χ2n) is 6.04. The Labute approximate surface area is 152 Å². The Kier molecular flexibility index (Phi) is 11.2. The molecule has 2 aliphatic rings. The molecule has 1 unspecified atom stereocenters. The van der Waals surface area contributed by atoms with E-state index in [4.69, 9.17) is 4.74 Å². The third-order valence-corrected chi connectivity index (χ3v) is 4.24. The van der Waals surface area contributed by atoms with Gasteiger partial charge in [-0.1, -0.05) is 12.8 Å². The summed E-state index contributed by atoms with van der Waals surface area (Å²) in [5.41, 5.74) is 0. The second-order valence-corrected chi connectivity index (χ2v) is 6.04. The van der Waals surface area contributed by atoms with Gasteiger partial charge in [0.15, 0.2) is 5.96 Å². The first-order chi connectivity index (χ1) is 10.4. The molecule has 5 nitrogen and oxygen atoms in total. The molecule has 2 aliphatic heterocycles. The number of hydrogen-bond acceptors (Lipinski definition) is 3. The Hall–Kier alpha value is -0.0800. The maximum absolute atomic E-state index is 5.62. The zero-order valence-electron chi connectivity index (χ0n) is 14.0. The van der Waals surface area contributed by atoms with Crippen LogP contribution in [0, 0.1) is 0 Å². The fourth-order valence-electron chi connectivity index (χ4n) is 3.02. The minimum atomic E-state index is 0. The van der Waals surface area contributed by atoms with Crippen molar-refractivity contribution >= 4 is 29.9 Å². The van der Waals surface area contributed by atoms with Gasteiger partial charge in [0.05, 0.1) is 12.6 Å². The Bertz CT molecular complexity index is 301. The number of guanidine groups is 1. The zero-order valence-corrected chi connectivity index (χ0v) is 16.3. The number of rotatable bonds is 6. The van der Waals surface area contributed by atoms with Gasteiger partial charge in [0.25, 0.3) is 0 Å². The smallest absolute Gasteiger partial charge is 0.191 e. The van der Waals surface area contributed by atoms with Crippen LogP contribution in [0.1, 0.15) is 45.4 Å². The Balaban J connectivity index is 0.00000242. The second kappa shape index (κ2) is 12.4. The van der Waals surface area contributed by atoms with Crippen molar-refractivity contribution in [1.82, 2.24) is 15.5 Å². The lowest BCUT2D eigenvalue weighted by molar-refractivity contribution is 0.117. The van der Waals surface area contributed by atoms with Gasteiger partial charge in [0.1, 0.15) is 0 Å². The summed E-state index contributed by atoms with van der Waals surface area (Å²) in [6.45, 7) is 9.29. The minimum absolute atomic E-state index is 0. The summed E-state index contributed by atoms with van der Waals surface area (Å²) >= 11 is 0. The SMILES string of the molecule is CCNC(=NCC1CCCO1)NCCN1CCCCCC1.I. The molecule has 2 fully saturated rings. The van der Waals surface area contributed by atoms with Gasteiger partial charge in [-0.25, -0.2) is 0 Å². The highest BCUT2D eigenvalue weighted by Gasteiger charge is 2.15. The van der Waals surface area contributed by atoms with Crippen molar-refractivity contribution in [3.05, 3.63) is 0 Å². The molecular formula is C16H33IN4O. The molecule has 0 aromatic heterocycles. The fourth-order valence-corrected chi connectivity index (χ4v) is 3.02. The molecule has 2 rings (SSSR count). The minimum Gasteiger partial charge on any atom is -0.376 e. The Morgan fingerprint density at radius 3 is 2.55 bits per heavy atom. The summed E-state index contributed by atoms with van der Waals surface area (Å²) in [5, 5.41) is 6.78. The molecule has 0 saturated carbocycles. The van der Waals surface area contributed by atoms with Crippen LogP contribution in [0.2, 0.25) is 0 Å². The third-order valence-electron chi connectivity index (χ3n) is 4.24. The van der Waals surface area contributed by atoms with E-state index < -0.39 is 0 Å². The normalized spacial score (nSPS) is 23.7. The van der Waals surface area contributed by atoms with E-state index >= 15 is 0 Å². The van der Waals surface area contributed by atoms with Crippen LogP contribution < -0.4 is 10.6 Å². The quantitative estimate of drug-likeness (QED) is 0.390. The van der Waals surface area contributed by atoms with Gasteiger partial charge in [-0.2, -0.15) is 0 Å². The average Bonchev–Trinajstić information content (AvgIpc) is 2.88. The van der Waals surface area contributed by atoms with Crippen LogP contribution in [-0.4, -0.2) is 62.8 Å². The van der Waals surface area contributed by atoms with Crippen LogP contribution in [0.4, 0.5) is 0 Å². The molecule has 0 radical (unpaired) electrons. The predicted molar refractivity (Wildman–Crippen MR) is 103 cm³/mol. The van der Waals surface area contributed by atoms with Crippen LogP contribution in [-0.2, 0) is 4.74 Å². The molecule has 2 N–H and O–H groups in total. The summed E-state index contributed by atoms with van der Waals surface area (Å²) in [6.07, 6.45) is 8.16. The fraction of sp³-hybridized carbons (Fsp3) is 0.938. The van der Waals surface area contributed by atoms with E-state index in [0.29, 0.717) is 6.10 Å². The summed E-state index contributed by atoms with van der Waals surface area (Å²) in [5.74, 6) is 0.933. The van der Waals surface area contributed by atoms with Gasteiger partial charge in [-0.05, 0) is 45.7 Å². The molecule has 0 aromatic rings. The molecule has 130 valence electrons. The van der Waals surface area contributed by atoms with Gasteiger partial charge in [0.2, 0.25) is 0 Å². The number of nitrogens with zero attached hydrogens (tertiary/aromatic N) is 2. The van der Waals surface area contributed by atoms with Gasteiger partial charge in [-0.15, -0.1) is 24.0 Å². The van der Waals surface area contributed by atoms with Crippen LogP contribution in [0.5, 0.6) is 0 Å². The third kappa shape index (κ3) is 7.97. The van der Waals surface area contributed by atoms with Crippen LogP contribution in [0.25, 0.3) is 0 Å². The zero-order chi connectivity index (χ0) is 14.8. The largest absolute Gasteiger partial charge is 0.376 e. The van der Waals surface area contributed by atoms with E-state index in [2.05, 4.69) is 27.4 Å². The molecule has 0 aromatic carbocycles. The maximum atomic E-state index is 5.62. The Morgan fingerprint density at radius 1 is 1.14 bits per heavy atom. The van der Waals surface area contributed by atoms with E-state index in [1.165, 1.54) is 45.2 Å². The number of hydrogen-bond donors (Lipinski definition) is 2. The van der Waals surface area contributed by atoms with Crippen LogP contribution >= 0.6 is 24.0 Å². The molecule has 2 heterocycles. The molecule has 1 atom stereocenters. The van der Waals surface area contributed by atoms with Crippen molar-refractivity contribution in [1.29, 1.82) is 0 Å². The molecule has 2 saturated heterocycles.